The van der Waals surface area contributed by atoms with Crippen LogP contribution in [0.3, 0.4) is 0 Å². The molecule has 1 N–H and O–H groups in total. The van der Waals surface area contributed by atoms with Crippen LogP contribution in [0.25, 0.3) is 0 Å². The van der Waals surface area contributed by atoms with Gasteiger partial charge < -0.3 is 14.6 Å². The van der Waals surface area contributed by atoms with Gasteiger partial charge in [0, 0.05) is 6.61 Å². The van der Waals surface area contributed by atoms with Crippen LogP contribution in [0, 0.1) is 10.1 Å². The van der Waals surface area contributed by atoms with E-state index in [2.05, 4.69) is 9.97 Å². The number of rotatable bonds is 7. The van der Waals surface area contributed by atoms with Gasteiger partial charge in [0.05, 0.1) is 12.0 Å². The molecule has 0 bridgehead atoms. The van der Waals surface area contributed by atoms with E-state index < -0.39 is 10.6 Å². The topological polar surface area (TPSA) is 108 Å². The number of hydrogen-bond acceptors (Lipinski definition) is 7. The third-order valence-corrected chi connectivity index (χ3v) is 2.89. The van der Waals surface area contributed by atoms with E-state index >= 15 is 0 Å². The normalized spacial score (nSPS) is 10.3. The van der Waals surface area contributed by atoms with Crippen LogP contribution in [0.15, 0.2) is 30.6 Å². The molecule has 0 aliphatic rings. The molecule has 22 heavy (non-hydrogen) atoms. The Hall–Kier alpha value is -2.74. The van der Waals surface area contributed by atoms with Crippen LogP contribution in [0.1, 0.15) is 12.0 Å². The van der Waals surface area contributed by atoms with E-state index in [1.54, 1.807) is 12.1 Å². The van der Waals surface area contributed by atoms with Crippen molar-refractivity contribution in [2.75, 3.05) is 13.7 Å². The van der Waals surface area contributed by atoms with Gasteiger partial charge in [-0.15, -0.1) is 0 Å². The first-order valence-electron chi connectivity index (χ1n) is 6.56. The Morgan fingerprint density at radius 3 is 2.50 bits per heavy atom. The third kappa shape index (κ3) is 3.67. The molecule has 0 fully saturated rings. The van der Waals surface area contributed by atoms with Crippen molar-refractivity contribution < 1.29 is 19.5 Å². The van der Waals surface area contributed by atoms with Gasteiger partial charge in [-0.2, -0.15) is 9.97 Å². The lowest BCUT2D eigenvalue weighted by molar-refractivity contribution is -0.387. The van der Waals surface area contributed by atoms with Crippen molar-refractivity contribution in [3.63, 3.8) is 0 Å². The summed E-state index contributed by atoms with van der Waals surface area (Å²) in [7, 11) is 1.29. The van der Waals surface area contributed by atoms with E-state index in [1.165, 1.54) is 7.11 Å². The molecule has 0 aliphatic heterocycles. The SMILES string of the molecule is COc1ncnc(Oc2ccc(CCCO)cc2)c1[N+](=O)[O-]. The quantitative estimate of drug-likeness (QED) is 0.616. The van der Waals surface area contributed by atoms with E-state index in [4.69, 9.17) is 14.6 Å². The van der Waals surface area contributed by atoms with Crippen molar-refractivity contribution in [2.24, 2.45) is 0 Å². The third-order valence-electron chi connectivity index (χ3n) is 2.89. The van der Waals surface area contributed by atoms with Crippen molar-refractivity contribution in [2.45, 2.75) is 12.8 Å². The molecule has 116 valence electrons. The van der Waals surface area contributed by atoms with Crippen molar-refractivity contribution in [3.8, 4) is 17.5 Å². The Balaban J connectivity index is 2.22. The standard InChI is InChI=1S/C14H15N3O5/c1-21-13-12(17(19)20)14(16-9-15-13)22-11-6-4-10(5-7-11)3-2-8-18/h4-7,9,18H,2-3,8H2,1H3. The maximum Gasteiger partial charge on any atom is 0.392 e. The van der Waals surface area contributed by atoms with Crippen LogP contribution in [-0.2, 0) is 6.42 Å². The number of aliphatic hydroxyl groups is 1. The first-order chi connectivity index (χ1) is 10.7. The van der Waals surface area contributed by atoms with Gasteiger partial charge in [0.2, 0.25) is 0 Å². The van der Waals surface area contributed by atoms with Crippen LogP contribution in [0.5, 0.6) is 17.5 Å². The van der Waals surface area contributed by atoms with E-state index in [0.717, 1.165) is 18.3 Å². The Labute approximate surface area is 126 Å². The second-order valence-electron chi connectivity index (χ2n) is 4.37. The molecule has 1 aromatic heterocycles. The number of hydrogen-bond donors (Lipinski definition) is 1. The van der Waals surface area contributed by atoms with E-state index in [0.29, 0.717) is 12.2 Å². The van der Waals surface area contributed by atoms with Crippen LogP contribution < -0.4 is 9.47 Å². The van der Waals surface area contributed by atoms with E-state index in [-0.39, 0.29) is 18.4 Å². The average Bonchev–Trinajstić information content (AvgIpc) is 2.53. The molecule has 0 radical (unpaired) electrons. The number of nitro groups is 1. The number of benzene rings is 1. The number of aryl methyl sites for hydroxylation is 1. The van der Waals surface area contributed by atoms with Crippen LogP contribution in [-0.4, -0.2) is 33.7 Å². The van der Waals surface area contributed by atoms with Crippen LogP contribution in [0.2, 0.25) is 0 Å². The molecule has 1 aromatic carbocycles. The predicted octanol–water partition coefficient (Wildman–Crippen LogP) is 2.11. The van der Waals surface area contributed by atoms with Crippen LogP contribution >= 0.6 is 0 Å². The van der Waals surface area contributed by atoms with Gasteiger partial charge in [-0.25, -0.2) is 0 Å². The van der Waals surface area contributed by atoms with E-state index in [9.17, 15) is 10.1 Å². The van der Waals surface area contributed by atoms with Gasteiger partial charge in [0.25, 0.3) is 0 Å². The number of aliphatic hydroxyl groups excluding tert-OH is 1. The highest BCUT2D eigenvalue weighted by Crippen LogP contribution is 2.35. The van der Waals surface area contributed by atoms with Crippen molar-refractivity contribution >= 4 is 5.69 Å². The second kappa shape index (κ2) is 7.32. The molecule has 2 rings (SSSR count). The minimum absolute atomic E-state index is 0.130. The molecule has 0 unspecified atom stereocenters. The summed E-state index contributed by atoms with van der Waals surface area (Å²) in [5, 5.41) is 19.9. The molecule has 0 aliphatic carbocycles. The van der Waals surface area contributed by atoms with Crippen LogP contribution in [0.4, 0.5) is 5.69 Å². The fourth-order valence-electron chi connectivity index (χ4n) is 1.85. The largest absolute Gasteiger partial charge is 0.476 e. The molecular formula is C14H15N3O5. The zero-order valence-corrected chi connectivity index (χ0v) is 11.9. The van der Waals surface area contributed by atoms with Gasteiger partial charge in [0.15, 0.2) is 0 Å². The lowest BCUT2D eigenvalue weighted by Gasteiger charge is -2.07. The summed E-state index contributed by atoms with van der Waals surface area (Å²) in [6.45, 7) is 0.130. The fraction of sp³-hybridized carbons (Fsp3) is 0.286. The highest BCUT2D eigenvalue weighted by molar-refractivity contribution is 5.50. The Morgan fingerprint density at radius 2 is 1.91 bits per heavy atom. The summed E-state index contributed by atoms with van der Waals surface area (Å²) in [6.07, 6.45) is 2.56. The maximum absolute atomic E-state index is 11.1. The molecule has 0 saturated carbocycles. The highest BCUT2D eigenvalue weighted by Gasteiger charge is 2.25. The highest BCUT2D eigenvalue weighted by atomic mass is 16.6. The molecule has 1 heterocycles. The summed E-state index contributed by atoms with van der Waals surface area (Å²) < 4.78 is 10.3. The average molecular weight is 305 g/mol. The summed E-state index contributed by atoms with van der Waals surface area (Å²) >= 11 is 0. The maximum atomic E-state index is 11.1. The number of methoxy groups -OCH3 is 1. The predicted molar refractivity (Wildman–Crippen MR) is 77.2 cm³/mol. The zero-order valence-electron chi connectivity index (χ0n) is 11.9. The van der Waals surface area contributed by atoms with Gasteiger partial charge in [-0.3, -0.25) is 10.1 Å². The van der Waals surface area contributed by atoms with E-state index in [1.807, 2.05) is 12.1 Å². The van der Waals surface area contributed by atoms with Crippen molar-refractivity contribution in [3.05, 3.63) is 46.3 Å². The number of ether oxygens (including phenoxy) is 2. The summed E-state index contributed by atoms with van der Waals surface area (Å²) in [6, 6.07) is 7.03. The summed E-state index contributed by atoms with van der Waals surface area (Å²) in [4.78, 5) is 17.9. The molecule has 0 saturated heterocycles. The minimum atomic E-state index is -0.649. The van der Waals surface area contributed by atoms with Gasteiger partial charge in [-0.1, -0.05) is 12.1 Å². The Bertz CT molecular complexity index is 645. The molecule has 0 atom stereocenters. The number of aromatic nitrogens is 2. The lowest BCUT2D eigenvalue weighted by Crippen LogP contribution is -2.01. The Morgan fingerprint density at radius 1 is 1.23 bits per heavy atom. The molecule has 8 nitrogen and oxygen atoms in total. The van der Waals surface area contributed by atoms with Gasteiger partial charge >= 0.3 is 17.4 Å². The zero-order chi connectivity index (χ0) is 15.9. The molecule has 0 amide bonds. The van der Waals surface area contributed by atoms with Gasteiger partial charge in [0.1, 0.15) is 12.1 Å². The van der Waals surface area contributed by atoms with Crippen molar-refractivity contribution in [1.82, 2.24) is 9.97 Å². The monoisotopic (exact) mass is 305 g/mol. The molecule has 8 heteroatoms. The Kier molecular flexibility index (Phi) is 5.21. The lowest BCUT2D eigenvalue weighted by atomic mass is 10.1. The molecule has 2 aromatic rings. The van der Waals surface area contributed by atoms with Gasteiger partial charge in [-0.05, 0) is 30.5 Å². The first kappa shape index (κ1) is 15.6. The van der Waals surface area contributed by atoms with Crippen molar-refractivity contribution in [1.29, 1.82) is 0 Å². The summed E-state index contributed by atoms with van der Waals surface area (Å²) in [5.41, 5.74) is 0.616. The smallest absolute Gasteiger partial charge is 0.392 e. The fourth-order valence-corrected chi connectivity index (χ4v) is 1.85. The molecular weight excluding hydrogens is 290 g/mol. The first-order valence-corrected chi connectivity index (χ1v) is 6.56. The second-order valence-corrected chi connectivity index (χ2v) is 4.37. The summed E-state index contributed by atoms with van der Waals surface area (Å²) in [5.74, 6) is 0.0751. The molecule has 0 spiro atoms. The number of nitrogens with zero attached hydrogens (tertiary/aromatic N) is 3. The minimum Gasteiger partial charge on any atom is -0.476 e.